The van der Waals surface area contributed by atoms with E-state index < -0.39 is 28.7 Å². The van der Waals surface area contributed by atoms with E-state index in [1.54, 1.807) is 18.2 Å². The number of thiophene rings is 1. The van der Waals surface area contributed by atoms with Gasteiger partial charge in [-0.05, 0) is 41.0 Å². The van der Waals surface area contributed by atoms with Crippen molar-refractivity contribution in [1.82, 2.24) is 0 Å². The van der Waals surface area contributed by atoms with Gasteiger partial charge in [0.1, 0.15) is 6.54 Å². The van der Waals surface area contributed by atoms with E-state index in [1.165, 1.54) is 11.3 Å². The smallest absolute Gasteiger partial charge is 0.335 e. The molecule has 0 radical (unpaired) electrons. The zero-order valence-electron chi connectivity index (χ0n) is 15.0. The number of phenols is 1. The fourth-order valence-electron chi connectivity index (χ4n) is 2.64. The van der Waals surface area contributed by atoms with E-state index in [9.17, 15) is 20.2 Å². The molecule has 0 amide bonds. The maximum atomic E-state index is 12.4. The molecule has 0 unspecified atom stereocenters. The Bertz CT molecular complexity index is 1080. The Morgan fingerprint density at radius 2 is 2.03 bits per heavy atom. The zero-order valence-corrected chi connectivity index (χ0v) is 15.8. The average molecular weight is 411 g/mol. The predicted octanol–water partition coefficient (Wildman–Crippen LogP) is 0.473. The van der Waals surface area contributed by atoms with Crippen LogP contribution < -0.4 is 15.8 Å². The van der Waals surface area contributed by atoms with Crippen molar-refractivity contribution < 1.29 is 29.8 Å². The van der Waals surface area contributed by atoms with Crippen molar-refractivity contribution in [3.8, 4) is 11.5 Å². The standard InChI is InChI=1S/C20H17N3O5S/c21-19(14-4-5-29-11-14)22-9-12-2-1-3-13(6-12)10-23(28)18-16(24)7-15(20(26)27)8-17(18)25/h1-8,10-11,24-25H,9H2,(H2,21,22)(H,26,27)/b23-10-. The second kappa shape index (κ2) is 8.44. The van der Waals surface area contributed by atoms with E-state index >= 15 is 0 Å². The zero-order chi connectivity index (χ0) is 21.0. The molecule has 0 aliphatic carbocycles. The Morgan fingerprint density at radius 3 is 2.69 bits per heavy atom. The van der Waals surface area contributed by atoms with Crippen molar-refractivity contribution in [3.05, 3.63) is 80.7 Å². The Kier molecular flexibility index (Phi) is 5.79. The minimum absolute atomic E-state index is 0.224. The lowest BCUT2D eigenvalue weighted by Gasteiger charge is -2.14. The first kappa shape index (κ1) is 19.9. The molecular weight excluding hydrogens is 394 g/mol. The minimum atomic E-state index is -1.37. The van der Waals surface area contributed by atoms with Crippen LogP contribution in [0.25, 0.3) is 0 Å². The van der Waals surface area contributed by atoms with Crippen LogP contribution in [0.4, 0.5) is 5.69 Å². The molecule has 0 aliphatic heterocycles. The van der Waals surface area contributed by atoms with Gasteiger partial charge in [-0.15, -0.1) is 0 Å². The molecule has 8 nitrogen and oxygen atoms in total. The lowest BCUT2D eigenvalue weighted by Crippen LogP contribution is -2.74. The Hall–Kier alpha value is -3.85. The van der Waals surface area contributed by atoms with Gasteiger partial charge in [-0.3, -0.25) is 10.7 Å². The summed E-state index contributed by atoms with van der Waals surface area (Å²) in [6.45, 7) is 0.424. The van der Waals surface area contributed by atoms with Crippen molar-refractivity contribution in [1.29, 1.82) is 0 Å². The molecule has 0 saturated heterocycles. The first-order valence-corrected chi connectivity index (χ1v) is 9.36. The summed E-state index contributed by atoms with van der Waals surface area (Å²) in [6, 6.07) is 10.5. The van der Waals surface area contributed by atoms with Crippen molar-refractivity contribution in [2.75, 3.05) is 0 Å². The number of nitrogens with two attached hydrogens (primary N) is 1. The Morgan fingerprint density at radius 1 is 1.24 bits per heavy atom. The van der Waals surface area contributed by atoms with Crippen LogP contribution in [-0.2, 0) is 6.54 Å². The Labute approximate surface area is 169 Å². The van der Waals surface area contributed by atoms with Gasteiger partial charge in [0.25, 0.3) is 11.5 Å². The highest BCUT2D eigenvalue weighted by atomic mass is 32.1. The summed E-state index contributed by atoms with van der Waals surface area (Å²) in [5.74, 6) is -2.42. The number of nitrogen functional groups attached to an aromatic ring is 1. The monoisotopic (exact) mass is 411 g/mol. The van der Waals surface area contributed by atoms with Gasteiger partial charge < -0.3 is 20.5 Å². The fraction of sp³-hybridized carbons (Fsp3) is 0.0500. The highest BCUT2D eigenvalue weighted by Gasteiger charge is 2.15. The molecule has 2 aromatic carbocycles. The molecule has 0 spiro atoms. The number of aromatic carboxylic acids is 1. The normalized spacial score (nSPS) is 12.1. The molecule has 1 heterocycles. The molecule has 3 rings (SSSR count). The lowest BCUT2D eigenvalue weighted by molar-refractivity contribution is -0.475. The highest BCUT2D eigenvalue weighted by Crippen LogP contribution is 2.34. The molecule has 0 saturated carbocycles. The second-order valence-electron chi connectivity index (χ2n) is 6.13. The summed E-state index contributed by atoms with van der Waals surface area (Å²) in [5, 5.41) is 47.1. The SMILES string of the molecule is NC(=[NH+]Cc1cccc(/C=[N+](\[O-])c2c([O-])cc(C(=O)O)cc2O)c1)c1ccsc1. The summed E-state index contributed by atoms with van der Waals surface area (Å²) < 4.78 is 0.224. The van der Waals surface area contributed by atoms with Crippen molar-refractivity contribution in [2.24, 2.45) is 5.73 Å². The molecule has 148 valence electrons. The largest absolute Gasteiger partial charge is 0.868 e. The number of nitrogens with zero attached hydrogens (tertiary/aromatic N) is 1. The Balaban J connectivity index is 1.85. The lowest BCUT2D eigenvalue weighted by atomic mass is 10.1. The summed E-state index contributed by atoms with van der Waals surface area (Å²) >= 11 is 1.54. The van der Waals surface area contributed by atoms with Gasteiger partial charge in [0.2, 0.25) is 0 Å². The average Bonchev–Trinajstić information content (AvgIpc) is 3.20. The van der Waals surface area contributed by atoms with E-state index in [4.69, 9.17) is 10.8 Å². The van der Waals surface area contributed by atoms with Gasteiger partial charge in [-0.1, -0.05) is 12.1 Å². The van der Waals surface area contributed by atoms with Gasteiger partial charge >= 0.3 is 5.97 Å². The van der Waals surface area contributed by atoms with E-state index in [0.717, 1.165) is 29.5 Å². The number of hydrogen-bond donors (Lipinski definition) is 4. The van der Waals surface area contributed by atoms with Crippen molar-refractivity contribution in [2.45, 2.75) is 6.54 Å². The molecule has 5 N–H and O–H groups in total. The number of phenolic OH excluding ortho intramolecular Hbond substituents is 1. The molecule has 0 bridgehead atoms. The molecule has 29 heavy (non-hydrogen) atoms. The fourth-order valence-corrected chi connectivity index (χ4v) is 3.29. The number of nitrogens with one attached hydrogen (secondary N) is 1. The second-order valence-corrected chi connectivity index (χ2v) is 6.91. The topological polar surface area (TPSA) is 147 Å². The summed E-state index contributed by atoms with van der Waals surface area (Å²) in [5.41, 5.74) is 7.29. The molecule has 9 heteroatoms. The van der Waals surface area contributed by atoms with Gasteiger partial charge in [0, 0.05) is 17.0 Å². The number of benzene rings is 2. The van der Waals surface area contributed by atoms with Gasteiger partial charge in [0.15, 0.2) is 12.0 Å². The summed E-state index contributed by atoms with van der Waals surface area (Å²) in [6.07, 6.45) is 1.13. The number of amidine groups is 1. The van der Waals surface area contributed by atoms with Crippen molar-refractivity contribution in [3.63, 3.8) is 0 Å². The van der Waals surface area contributed by atoms with E-state index in [1.807, 2.05) is 22.9 Å². The molecule has 0 atom stereocenters. The number of aromatic hydroxyl groups is 1. The third-order valence-electron chi connectivity index (χ3n) is 4.05. The van der Waals surface area contributed by atoms with Crippen LogP contribution in [0.3, 0.4) is 0 Å². The first-order chi connectivity index (χ1) is 13.8. The van der Waals surface area contributed by atoms with Crippen LogP contribution in [0.1, 0.15) is 27.0 Å². The van der Waals surface area contributed by atoms with Crippen LogP contribution >= 0.6 is 11.3 Å². The van der Waals surface area contributed by atoms with Crippen LogP contribution in [0, 0.1) is 5.21 Å². The quantitative estimate of drug-likeness (QED) is 0.152. The van der Waals surface area contributed by atoms with Crippen molar-refractivity contribution >= 4 is 35.0 Å². The maximum Gasteiger partial charge on any atom is 0.335 e. The number of carboxylic acids is 1. The van der Waals surface area contributed by atoms with Gasteiger partial charge in [0.05, 0.1) is 11.1 Å². The number of carbonyl (C=O) groups is 1. The highest BCUT2D eigenvalue weighted by molar-refractivity contribution is 7.08. The predicted molar refractivity (Wildman–Crippen MR) is 107 cm³/mol. The first-order valence-electron chi connectivity index (χ1n) is 8.41. The number of rotatable bonds is 6. The van der Waals surface area contributed by atoms with Crippen LogP contribution in [0.2, 0.25) is 0 Å². The molecule has 0 aliphatic rings. The summed E-state index contributed by atoms with van der Waals surface area (Å²) in [4.78, 5) is 14.0. The number of carboxylic acid groups (broad SMARTS) is 1. The van der Waals surface area contributed by atoms with Crippen LogP contribution in [0.5, 0.6) is 11.5 Å². The molecular formula is C20H17N3O5S. The number of hydrogen-bond acceptors (Lipinski definition) is 5. The van der Waals surface area contributed by atoms with Gasteiger partial charge in [-0.2, -0.15) is 16.1 Å². The molecule has 3 aromatic rings. The van der Waals surface area contributed by atoms with E-state index in [2.05, 4.69) is 4.99 Å². The van der Waals surface area contributed by atoms with Crippen LogP contribution in [-0.4, -0.2) is 33.0 Å². The summed E-state index contributed by atoms with van der Waals surface area (Å²) in [7, 11) is 0. The molecule has 0 fully saturated rings. The molecule has 1 aromatic heterocycles. The third kappa shape index (κ3) is 4.71. The minimum Gasteiger partial charge on any atom is -0.868 e. The maximum absolute atomic E-state index is 12.4. The van der Waals surface area contributed by atoms with Gasteiger partial charge in [-0.25, -0.2) is 4.79 Å². The third-order valence-corrected chi connectivity index (χ3v) is 4.74. The van der Waals surface area contributed by atoms with E-state index in [-0.39, 0.29) is 4.74 Å². The van der Waals surface area contributed by atoms with E-state index in [0.29, 0.717) is 17.9 Å². The van der Waals surface area contributed by atoms with Crippen LogP contribution in [0.15, 0.2) is 53.2 Å².